The van der Waals surface area contributed by atoms with E-state index in [-0.39, 0.29) is 0 Å². The molecule has 1 heteroatoms. The molecule has 80 valence electrons. The van der Waals surface area contributed by atoms with E-state index in [4.69, 9.17) is 0 Å². The van der Waals surface area contributed by atoms with Crippen molar-refractivity contribution < 1.29 is 4.74 Å². The van der Waals surface area contributed by atoms with Gasteiger partial charge in [-0.05, 0) is 17.4 Å². The van der Waals surface area contributed by atoms with Gasteiger partial charge >= 0.3 is 0 Å². The van der Waals surface area contributed by atoms with Gasteiger partial charge < -0.3 is 4.74 Å². The van der Waals surface area contributed by atoms with E-state index in [0.717, 1.165) is 0 Å². The minimum atomic E-state index is 0.335. The van der Waals surface area contributed by atoms with Crippen molar-refractivity contribution in [3.05, 3.63) is 35.9 Å². The summed E-state index contributed by atoms with van der Waals surface area (Å²) in [5.41, 5.74) is 1.77. The maximum absolute atomic E-state index is 4.25. The second-order valence-corrected chi connectivity index (χ2v) is 4.01. The molecule has 1 nitrogen and oxygen atoms in total. The summed E-state index contributed by atoms with van der Waals surface area (Å²) in [6, 6.07) is 10.7. The largest absolute Gasteiger partial charge is 0.388 e. The lowest BCUT2D eigenvalue weighted by atomic mass is 9.82. The van der Waals surface area contributed by atoms with E-state index >= 15 is 0 Å². The van der Waals surface area contributed by atoms with Gasteiger partial charge in [0.15, 0.2) is 0 Å². The van der Waals surface area contributed by atoms with Crippen LogP contribution in [0.25, 0.3) is 0 Å². The third-order valence-electron chi connectivity index (χ3n) is 2.44. The molecule has 0 aromatic heterocycles. The Labute approximate surface area is 88.1 Å². The Hall–Kier alpha value is -0.820. The van der Waals surface area contributed by atoms with Gasteiger partial charge in [-0.2, -0.15) is 0 Å². The highest BCUT2D eigenvalue weighted by Crippen LogP contribution is 2.25. The molecule has 0 atom stereocenters. The van der Waals surface area contributed by atoms with Crippen LogP contribution in [0.1, 0.15) is 32.8 Å². The third kappa shape index (κ3) is 4.43. The van der Waals surface area contributed by atoms with Crippen LogP contribution >= 0.6 is 0 Å². The standard InChI is InChI=1S/C11H16.C2H6O/c1-4-11(2,3)10-8-6-5-7-9-10;1-3-2/h5-9H,4H2,1-3H3;1-2H3. The van der Waals surface area contributed by atoms with Crippen molar-refractivity contribution >= 4 is 0 Å². The van der Waals surface area contributed by atoms with Gasteiger partial charge in [-0.15, -0.1) is 0 Å². The van der Waals surface area contributed by atoms with Crippen molar-refractivity contribution in [1.29, 1.82) is 0 Å². The summed E-state index contributed by atoms with van der Waals surface area (Å²) < 4.78 is 4.25. The Morgan fingerprint density at radius 3 is 1.86 bits per heavy atom. The van der Waals surface area contributed by atoms with Gasteiger partial charge in [0, 0.05) is 14.2 Å². The highest BCUT2D eigenvalue weighted by atomic mass is 16.4. The molecular formula is C13H22O. The average molecular weight is 194 g/mol. The van der Waals surface area contributed by atoms with Crippen LogP contribution in [0.3, 0.4) is 0 Å². The van der Waals surface area contributed by atoms with Crippen LogP contribution in [-0.2, 0) is 10.2 Å². The van der Waals surface area contributed by atoms with Crippen molar-refractivity contribution in [2.75, 3.05) is 14.2 Å². The molecule has 0 heterocycles. The van der Waals surface area contributed by atoms with Gasteiger partial charge in [0.2, 0.25) is 0 Å². The molecular weight excluding hydrogens is 172 g/mol. The Bertz CT molecular complexity index is 226. The molecule has 0 saturated carbocycles. The Balaban J connectivity index is 0.000000500. The molecule has 0 spiro atoms. The summed E-state index contributed by atoms with van der Waals surface area (Å²) in [5, 5.41) is 0. The first-order valence-electron chi connectivity index (χ1n) is 5.04. The van der Waals surface area contributed by atoms with Gasteiger partial charge in [-0.25, -0.2) is 0 Å². The molecule has 0 aliphatic heterocycles. The first-order chi connectivity index (χ1) is 6.58. The van der Waals surface area contributed by atoms with Gasteiger partial charge in [0.25, 0.3) is 0 Å². The van der Waals surface area contributed by atoms with Crippen LogP contribution in [-0.4, -0.2) is 14.2 Å². The highest BCUT2D eigenvalue weighted by molar-refractivity contribution is 5.22. The monoisotopic (exact) mass is 194 g/mol. The second kappa shape index (κ2) is 6.61. The average Bonchev–Trinajstić information content (AvgIpc) is 2.20. The van der Waals surface area contributed by atoms with Crippen molar-refractivity contribution in [3.63, 3.8) is 0 Å². The quantitative estimate of drug-likeness (QED) is 0.698. The summed E-state index contributed by atoms with van der Waals surface area (Å²) in [6.07, 6.45) is 1.19. The number of benzene rings is 1. The number of rotatable bonds is 2. The fraction of sp³-hybridized carbons (Fsp3) is 0.538. The van der Waals surface area contributed by atoms with E-state index in [1.165, 1.54) is 12.0 Å². The van der Waals surface area contributed by atoms with Crippen LogP contribution in [0.2, 0.25) is 0 Å². The minimum absolute atomic E-state index is 0.335. The second-order valence-electron chi connectivity index (χ2n) is 4.01. The predicted octanol–water partition coefficient (Wildman–Crippen LogP) is 3.64. The van der Waals surface area contributed by atoms with Crippen LogP contribution in [0.15, 0.2) is 30.3 Å². The maximum Gasteiger partial charge on any atom is 0.0351 e. The SMILES string of the molecule is CCC(C)(C)c1ccccc1.COC. The zero-order chi connectivity index (χ0) is 11.0. The molecule has 0 saturated heterocycles. The van der Waals surface area contributed by atoms with Crippen molar-refractivity contribution in [2.24, 2.45) is 0 Å². The van der Waals surface area contributed by atoms with E-state index in [1.54, 1.807) is 14.2 Å². The van der Waals surface area contributed by atoms with E-state index in [2.05, 4.69) is 55.8 Å². The topological polar surface area (TPSA) is 9.23 Å². The number of ether oxygens (including phenoxy) is 1. The van der Waals surface area contributed by atoms with E-state index in [1.807, 2.05) is 0 Å². The molecule has 0 amide bonds. The van der Waals surface area contributed by atoms with Crippen LogP contribution in [0.5, 0.6) is 0 Å². The molecule has 0 radical (unpaired) electrons. The summed E-state index contributed by atoms with van der Waals surface area (Å²) >= 11 is 0. The van der Waals surface area contributed by atoms with Crippen LogP contribution in [0.4, 0.5) is 0 Å². The minimum Gasteiger partial charge on any atom is -0.388 e. The van der Waals surface area contributed by atoms with Gasteiger partial charge in [-0.1, -0.05) is 51.1 Å². The zero-order valence-corrected chi connectivity index (χ0v) is 10.0. The molecule has 0 fully saturated rings. The Kier molecular flexibility index (Phi) is 6.22. The summed E-state index contributed by atoms with van der Waals surface area (Å²) in [7, 11) is 3.25. The summed E-state index contributed by atoms with van der Waals surface area (Å²) in [5.74, 6) is 0. The number of methoxy groups -OCH3 is 1. The summed E-state index contributed by atoms with van der Waals surface area (Å²) in [4.78, 5) is 0. The molecule has 0 N–H and O–H groups in total. The lowest BCUT2D eigenvalue weighted by Gasteiger charge is -2.22. The Morgan fingerprint density at radius 2 is 1.50 bits per heavy atom. The number of hydrogen-bond acceptors (Lipinski definition) is 1. The fourth-order valence-electron chi connectivity index (χ4n) is 1.09. The molecule has 0 bridgehead atoms. The molecule has 1 aromatic carbocycles. The van der Waals surface area contributed by atoms with Crippen molar-refractivity contribution in [3.8, 4) is 0 Å². The van der Waals surface area contributed by atoms with Gasteiger partial charge in [-0.3, -0.25) is 0 Å². The zero-order valence-electron chi connectivity index (χ0n) is 10.0. The molecule has 1 rings (SSSR count). The maximum atomic E-state index is 4.25. The smallest absolute Gasteiger partial charge is 0.0351 e. The lowest BCUT2D eigenvalue weighted by Crippen LogP contribution is -2.14. The fourth-order valence-corrected chi connectivity index (χ4v) is 1.09. The molecule has 0 aliphatic carbocycles. The summed E-state index contributed by atoms with van der Waals surface area (Å²) in [6.45, 7) is 6.79. The first kappa shape index (κ1) is 13.2. The van der Waals surface area contributed by atoms with E-state index in [0.29, 0.717) is 5.41 Å². The lowest BCUT2D eigenvalue weighted by molar-refractivity contribution is 0.277. The molecule has 0 aliphatic rings. The van der Waals surface area contributed by atoms with E-state index < -0.39 is 0 Å². The molecule has 1 aromatic rings. The Morgan fingerprint density at radius 1 is 1.07 bits per heavy atom. The normalized spacial score (nSPS) is 10.4. The first-order valence-corrected chi connectivity index (χ1v) is 5.04. The van der Waals surface area contributed by atoms with Crippen LogP contribution < -0.4 is 0 Å². The third-order valence-corrected chi connectivity index (χ3v) is 2.44. The van der Waals surface area contributed by atoms with Gasteiger partial charge in [0.1, 0.15) is 0 Å². The van der Waals surface area contributed by atoms with Crippen LogP contribution in [0, 0.1) is 0 Å². The van der Waals surface area contributed by atoms with Gasteiger partial charge in [0.05, 0.1) is 0 Å². The number of hydrogen-bond donors (Lipinski definition) is 0. The molecule has 14 heavy (non-hydrogen) atoms. The highest BCUT2D eigenvalue weighted by Gasteiger charge is 2.16. The van der Waals surface area contributed by atoms with Crippen molar-refractivity contribution in [2.45, 2.75) is 32.6 Å². The van der Waals surface area contributed by atoms with E-state index in [9.17, 15) is 0 Å². The van der Waals surface area contributed by atoms with Crippen molar-refractivity contribution in [1.82, 2.24) is 0 Å². The predicted molar refractivity (Wildman–Crippen MR) is 62.7 cm³/mol. The molecule has 0 unspecified atom stereocenters.